The van der Waals surface area contributed by atoms with Crippen molar-refractivity contribution in [3.63, 3.8) is 0 Å². The highest BCUT2D eigenvalue weighted by Crippen LogP contribution is 2.16. The molecule has 13 heavy (non-hydrogen) atoms. The second kappa shape index (κ2) is 3.32. The maximum absolute atomic E-state index is 3.92. The highest BCUT2D eigenvalue weighted by Gasteiger charge is 1.97. The van der Waals surface area contributed by atoms with Gasteiger partial charge in [0.2, 0.25) is 0 Å². The van der Waals surface area contributed by atoms with E-state index in [1.165, 1.54) is 21.6 Å². The molecule has 0 aromatic heterocycles. The Morgan fingerprint density at radius 3 is 2.69 bits per heavy atom. The second-order valence-electron chi connectivity index (χ2n) is 3.16. The number of hydrogen-bond donors (Lipinski definition) is 0. The van der Waals surface area contributed by atoms with Crippen molar-refractivity contribution in [1.29, 1.82) is 0 Å². The third kappa shape index (κ3) is 1.50. The smallest absolute Gasteiger partial charge is 0.00931 e. The predicted octanol–water partition coefficient (Wildman–Crippen LogP) is 3.15. The van der Waals surface area contributed by atoms with E-state index in [2.05, 4.69) is 49.6 Å². The lowest BCUT2D eigenvalue weighted by Gasteiger charge is -2.03. The summed E-state index contributed by atoms with van der Waals surface area (Å²) in [5, 5.41) is 3.95. The zero-order valence-electron chi connectivity index (χ0n) is 7.62. The van der Waals surface area contributed by atoms with Crippen LogP contribution in [0.25, 0.3) is 10.8 Å². The Morgan fingerprint density at radius 2 is 1.92 bits per heavy atom. The third-order valence-corrected chi connectivity index (χ3v) is 2.87. The van der Waals surface area contributed by atoms with Gasteiger partial charge in [0, 0.05) is 5.30 Å². The summed E-state index contributed by atoms with van der Waals surface area (Å²) >= 11 is 0. The maximum Gasteiger partial charge on any atom is 0.00931 e. The number of rotatable bonds is 1. The van der Waals surface area contributed by atoms with Crippen molar-refractivity contribution in [1.82, 2.24) is 0 Å². The molecule has 0 radical (unpaired) electrons. The Hall–Kier alpha value is -1.13. The molecule has 2 aromatic rings. The molecule has 0 aliphatic rings. The molecule has 2 rings (SSSR count). The molecule has 0 aliphatic carbocycles. The first-order valence-corrected chi connectivity index (χ1v) is 5.35. The Labute approximate surface area is 80.0 Å². The molecule has 64 valence electrons. The summed E-state index contributed by atoms with van der Waals surface area (Å²) in [5.74, 6) is 0. The molecule has 0 atom stereocenters. The first kappa shape index (κ1) is 8.47. The molecule has 0 nitrogen and oxygen atoms in total. The lowest BCUT2D eigenvalue weighted by molar-refractivity contribution is 1.52. The van der Waals surface area contributed by atoms with Crippen LogP contribution in [0.15, 0.2) is 36.4 Å². The number of fused-ring (bicyclic) bond motifs is 1. The van der Waals surface area contributed by atoms with E-state index in [0.717, 1.165) is 8.20 Å². The van der Waals surface area contributed by atoms with Gasteiger partial charge in [-0.2, -0.15) is 0 Å². The predicted molar refractivity (Wildman–Crippen MR) is 62.4 cm³/mol. The van der Waals surface area contributed by atoms with Gasteiger partial charge in [-0.15, -0.1) is 0 Å². The minimum absolute atomic E-state index is 1.10. The molecule has 0 bridgehead atoms. The molecule has 1 heteroatoms. The summed E-state index contributed by atoms with van der Waals surface area (Å²) in [4.78, 5) is 0. The number of aryl methyl sites for hydroxylation is 1. The molecule has 0 saturated carbocycles. The molecule has 0 unspecified atom stereocenters. The van der Waals surface area contributed by atoms with E-state index in [1.54, 1.807) is 0 Å². The minimum atomic E-state index is 1.10. The van der Waals surface area contributed by atoms with Crippen molar-refractivity contribution in [2.24, 2.45) is 0 Å². The van der Waals surface area contributed by atoms with Crippen LogP contribution in [0.4, 0.5) is 0 Å². The van der Waals surface area contributed by atoms with Crippen molar-refractivity contribution in [2.45, 2.75) is 6.92 Å². The molecule has 0 aliphatic heterocycles. The van der Waals surface area contributed by atoms with E-state index < -0.39 is 0 Å². The van der Waals surface area contributed by atoms with Gasteiger partial charge in [-0.25, -0.2) is 0 Å². The molecule has 0 fully saturated rings. The molecular formula is C12H11P. The highest BCUT2D eigenvalue weighted by molar-refractivity contribution is 7.46. The van der Waals surface area contributed by atoms with E-state index in [1.807, 2.05) is 0 Å². The van der Waals surface area contributed by atoms with Gasteiger partial charge in [-0.3, -0.25) is 0 Å². The van der Waals surface area contributed by atoms with Gasteiger partial charge in [0.15, 0.2) is 0 Å². The summed E-state index contributed by atoms with van der Waals surface area (Å²) in [5.41, 5.74) is 1.31. The van der Waals surface area contributed by atoms with E-state index in [-0.39, 0.29) is 0 Å². The zero-order valence-corrected chi connectivity index (χ0v) is 8.51. The molecule has 0 amide bonds. The molecule has 0 N–H and O–H groups in total. The summed E-state index contributed by atoms with van der Waals surface area (Å²) in [6.07, 6.45) is 3.92. The monoisotopic (exact) mass is 186 g/mol. The van der Waals surface area contributed by atoms with Crippen molar-refractivity contribution >= 4 is 30.6 Å². The largest absolute Gasteiger partial charge is 0.0757 e. The van der Waals surface area contributed by atoms with E-state index in [0.29, 0.717) is 0 Å². The minimum Gasteiger partial charge on any atom is -0.0757 e. The van der Waals surface area contributed by atoms with Gasteiger partial charge in [-0.05, 0) is 29.3 Å². The first-order valence-electron chi connectivity index (χ1n) is 4.27. The van der Waals surface area contributed by atoms with Crippen LogP contribution in [0.5, 0.6) is 0 Å². The van der Waals surface area contributed by atoms with E-state index >= 15 is 0 Å². The number of hydrogen-bond acceptors (Lipinski definition) is 0. The van der Waals surface area contributed by atoms with Crippen LogP contribution in [0.1, 0.15) is 5.56 Å². The fourth-order valence-corrected chi connectivity index (χ4v) is 2.24. The van der Waals surface area contributed by atoms with E-state index in [9.17, 15) is 0 Å². The Balaban J connectivity index is 2.89. The quantitative estimate of drug-likeness (QED) is 0.600. The first-order chi connectivity index (χ1) is 6.31. The van der Waals surface area contributed by atoms with Crippen molar-refractivity contribution in [3.05, 3.63) is 42.0 Å². The molecule has 0 saturated heterocycles. The fraction of sp³-hybridized carbons (Fsp3) is 0.0833. The maximum atomic E-state index is 3.92. The van der Waals surface area contributed by atoms with Crippen LogP contribution >= 0.6 is 8.20 Å². The molecular weight excluding hydrogens is 175 g/mol. The van der Waals surface area contributed by atoms with Gasteiger partial charge in [0.25, 0.3) is 0 Å². The Morgan fingerprint density at radius 1 is 1.15 bits per heavy atom. The normalized spacial score (nSPS) is 10.8. The van der Waals surface area contributed by atoms with Gasteiger partial charge in [0.05, 0.1) is 0 Å². The van der Waals surface area contributed by atoms with Gasteiger partial charge in [-0.1, -0.05) is 44.8 Å². The zero-order chi connectivity index (χ0) is 9.26. The fourth-order valence-electron chi connectivity index (χ4n) is 1.57. The average molecular weight is 186 g/mol. The molecule has 0 spiro atoms. The van der Waals surface area contributed by atoms with Gasteiger partial charge >= 0.3 is 0 Å². The Kier molecular flexibility index (Phi) is 2.16. The SMILES string of the molecule is C=Pc1cc(C)cc2ccccc12. The van der Waals surface area contributed by atoms with E-state index in [4.69, 9.17) is 0 Å². The molecule has 2 aromatic carbocycles. The lowest BCUT2D eigenvalue weighted by Crippen LogP contribution is -1.94. The molecule has 0 heterocycles. The highest BCUT2D eigenvalue weighted by atomic mass is 31.1. The summed E-state index contributed by atoms with van der Waals surface area (Å²) in [6, 6.07) is 12.9. The van der Waals surface area contributed by atoms with Crippen molar-refractivity contribution < 1.29 is 0 Å². The van der Waals surface area contributed by atoms with Crippen LogP contribution in [-0.4, -0.2) is 6.30 Å². The second-order valence-corrected chi connectivity index (χ2v) is 3.96. The summed E-state index contributed by atoms with van der Waals surface area (Å²) in [6.45, 7) is 2.13. The summed E-state index contributed by atoms with van der Waals surface area (Å²) in [7, 11) is 1.10. The van der Waals surface area contributed by atoms with Crippen molar-refractivity contribution in [2.75, 3.05) is 0 Å². The Bertz CT molecular complexity index is 458. The standard InChI is InChI=1S/C12H11P/c1-9-7-10-5-3-4-6-11(10)12(8-9)13-2/h3-8H,2H2,1H3. The van der Waals surface area contributed by atoms with Gasteiger partial charge < -0.3 is 0 Å². The van der Waals surface area contributed by atoms with Crippen molar-refractivity contribution in [3.8, 4) is 0 Å². The van der Waals surface area contributed by atoms with Crippen LogP contribution in [0.2, 0.25) is 0 Å². The lowest BCUT2D eigenvalue weighted by atomic mass is 10.1. The van der Waals surface area contributed by atoms with Crippen LogP contribution in [0.3, 0.4) is 0 Å². The van der Waals surface area contributed by atoms with Crippen LogP contribution in [-0.2, 0) is 0 Å². The topological polar surface area (TPSA) is 0 Å². The van der Waals surface area contributed by atoms with Crippen LogP contribution in [0, 0.1) is 6.92 Å². The van der Waals surface area contributed by atoms with Crippen LogP contribution < -0.4 is 5.30 Å². The van der Waals surface area contributed by atoms with Gasteiger partial charge in [0.1, 0.15) is 0 Å². The third-order valence-electron chi connectivity index (χ3n) is 2.15. The number of benzene rings is 2. The summed E-state index contributed by atoms with van der Waals surface area (Å²) < 4.78 is 0. The average Bonchev–Trinajstić information content (AvgIpc) is 2.16.